The molecule has 3 heteroatoms. The lowest BCUT2D eigenvalue weighted by Crippen LogP contribution is -1.97. The molecular formula is C7H13NO2. The number of rotatable bonds is 4. The van der Waals surface area contributed by atoms with Crippen molar-refractivity contribution >= 4 is 5.90 Å². The van der Waals surface area contributed by atoms with Crippen LogP contribution in [0.25, 0.3) is 0 Å². The standard InChI is InChI=1S/C7H13NO2/c1-2-3-4-5-7-8-10-6-9-7/h2-6H2,1H3. The van der Waals surface area contributed by atoms with Crippen molar-refractivity contribution < 1.29 is 9.57 Å². The van der Waals surface area contributed by atoms with E-state index in [1.165, 1.54) is 12.8 Å². The van der Waals surface area contributed by atoms with E-state index < -0.39 is 0 Å². The minimum absolute atomic E-state index is 0.307. The molecule has 0 aromatic heterocycles. The van der Waals surface area contributed by atoms with Crippen LogP contribution >= 0.6 is 0 Å². The Morgan fingerprint density at radius 3 is 3.00 bits per heavy atom. The van der Waals surface area contributed by atoms with Crippen molar-refractivity contribution in [1.29, 1.82) is 0 Å². The van der Waals surface area contributed by atoms with Crippen LogP contribution < -0.4 is 0 Å². The van der Waals surface area contributed by atoms with Gasteiger partial charge in [-0.1, -0.05) is 19.8 Å². The summed E-state index contributed by atoms with van der Waals surface area (Å²) in [5.74, 6) is 0.758. The summed E-state index contributed by atoms with van der Waals surface area (Å²) in [7, 11) is 0. The molecule has 0 fully saturated rings. The minimum atomic E-state index is 0.307. The van der Waals surface area contributed by atoms with E-state index in [0.717, 1.165) is 18.7 Å². The normalized spacial score (nSPS) is 15.9. The molecular weight excluding hydrogens is 130 g/mol. The van der Waals surface area contributed by atoms with E-state index >= 15 is 0 Å². The lowest BCUT2D eigenvalue weighted by atomic mass is 10.2. The zero-order valence-electron chi connectivity index (χ0n) is 6.30. The van der Waals surface area contributed by atoms with Crippen molar-refractivity contribution in [2.24, 2.45) is 5.16 Å². The SMILES string of the molecule is CCCCCC1=NOCO1. The molecule has 58 valence electrons. The first-order chi connectivity index (χ1) is 4.93. The molecule has 0 radical (unpaired) electrons. The van der Waals surface area contributed by atoms with Crippen LogP contribution in [-0.2, 0) is 9.57 Å². The summed E-state index contributed by atoms with van der Waals surface area (Å²) >= 11 is 0. The maximum absolute atomic E-state index is 5.03. The van der Waals surface area contributed by atoms with E-state index in [1.807, 2.05) is 0 Å². The van der Waals surface area contributed by atoms with Crippen molar-refractivity contribution in [3.63, 3.8) is 0 Å². The van der Waals surface area contributed by atoms with Crippen LogP contribution in [-0.4, -0.2) is 12.7 Å². The molecule has 0 saturated carbocycles. The molecule has 1 rings (SSSR count). The fourth-order valence-electron chi connectivity index (χ4n) is 0.863. The Labute approximate surface area is 61.0 Å². The molecule has 1 heterocycles. The molecule has 0 aliphatic carbocycles. The Morgan fingerprint density at radius 1 is 1.50 bits per heavy atom. The van der Waals surface area contributed by atoms with Gasteiger partial charge >= 0.3 is 0 Å². The third kappa shape index (κ3) is 2.25. The molecule has 0 bridgehead atoms. The highest BCUT2D eigenvalue weighted by Crippen LogP contribution is 2.05. The molecule has 0 aromatic rings. The number of oxime groups is 1. The van der Waals surface area contributed by atoms with Gasteiger partial charge in [0.2, 0.25) is 5.90 Å². The fourth-order valence-corrected chi connectivity index (χ4v) is 0.863. The second-order valence-electron chi connectivity index (χ2n) is 2.33. The van der Waals surface area contributed by atoms with Crippen molar-refractivity contribution in [2.75, 3.05) is 6.79 Å². The lowest BCUT2D eigenvalue weighted by Gasteiger charge is -1.95. The second kappa shape index (κ2) is 4.14. The quantitative estimate of drug-likeness (QED) is 0.562. The topological polar surface area (TPSA) is 30.8 Å². The zero-order valence-corrected chi connectivity index (χ0v) is 6.30. The fraction of sp³-hybridized carbons (Fsp3) is 0.857. The second-order valence-corrected chi connectivity index (χ2v) is 2.33. The number of nitrogens with zero attached hydrogens (tertiary/aromatic N) is 1. The summed E-state index contributed by atoms with van der Waals surface area (Å²) in [4.78, 5) is 4.65. The van der Waals surface area contributed by atoms with Crippen LogP contribution in [0.2, 0.25) is 0 Å². The van der Waals surface area contributed by atoms with E-state index in [1.54, 1.807) is 0 Å². The minimum Gasteiger partial charge on any atom is -0.439 e. The maximum atomic E-state index is 5.03. The summed E-state index contributed by atoms with van der Waals surface area (Å²) in [5.41, 5.74) is 0. The Bertz CT molecular complexity index is 123. The maximum Gasteiger partial charge on any atom is 0.257 e. The average Bonchev–Trinajstić information content (AvgIpc) is 2.41. The first kappa shape index (κ1) is 7.38. The average molecular weight is 143 g/mol. The number of hydrogen-bond acceptors (Lipinski definition) is 3. The summed E-state index contributed by atoms with van der Waals surface area (Å²) < 4.78 is 5.03. The van der Waals surface area contributed by atoms with Gasteiger partial charge in [-0.25, -0.2) is 0 Å². The van der Waals surface area contributed by atoms with Gasteiger partial charge in [0.15, 0.2) is 0 Å². The van der Waals surface area contributed by atoms with Crippen LogP contribution in [0, 0.1) is 0 Å². The van der Waals surface area contributed by atoms with E-state index in [-0.39, 0.29) is 0 Å². The third-order valence-electron chi connectivity index (χ3n) is 1.44. The van der Waals surface area contributed by atoms with Gasteiger partial charge in [0.05, 0.1) is 0 Å². The smallest absolute Gasteiger partial charge is 0.257 e. The van der Waals surface area contributed by atoms with Gasteiger partial charge in [-0.05, 0) is 11.6 Å². The molecule has 0 unspecified atom stereocenters. The van der Waals surface area contributed by atoms with Gasteiger partial charge in [-0.15, -0.1) is 0 Å². The van der Waals surface area contributed by atoms with E-state index in [9.17, 15) is 0 Å². The molecule has 0 amide bonds. The molecule has 0 N–H and O–H groups in total. The largest absolute Gasteiger partial charge is 0.439 e. The highest BCUT2D eigenvalue weighted by atomic mass is 16.8. The first-order valence-electron chi connectivity index (χ1n) is 3.75. The lowest BCUT2D eigenvalue weighted by molar-refractivity contribution is 0.0575. The molecule has 1 aliphatic rings. The highest BCUT2D eigenvalue weighted by molar-refractivity contribution is 5.75. The van der Waals surface area contributed by atoms with Crippen molar-refractivity contribution in [2.45, 2.75) is 32.6 Å². The van der Waals surface area contributed by atoms with Gasteiger partial charge in [-0.2, -0.15) is 0 Å². The van der Waals surface area contributed by atoms with Crippen LogP contribution in [0.1, 0.15) is 32.6 Å². The molecule has 10 heavy (non-hydrogen) atoms. The Kier molecular flexibility index (Phi) is 3.06. The predicted octanol–water partition coefficient (Wildman–Crippen LogP) is 1.88. The first-order valence-corrected chi connectivity index (χ1v) is 3.75. The predicted molar refractivity (Wildman–Crippen MR) is 38.6 cm³/mol. The highest BCUT2D eigenvalue weighted by Gasteiger charge is 2.06. The number of ether oxygens (including phenoxy) is 1. The van der Waals surface area contributed by atoms with Crippen LogP contribution in [0.15, 0.2) is 5.16 Å². The van der Waals surface area contributed by atoms with E-state index in [2.05, 4.69) is 16.9 Å². The Balaban J connectivity index is 2.01. The summed E-state index contributed by atoms with van der Waals surface area (Å²) in [6.07, 6.45) is 4.54. The molecule has 1 aliphatic heterocycles. The van der Waals surface area contributed by atoms with Gasteiger partial charge in [0, 0.05) is 6.42 Å². The van der Waals surface area contributed by atoms with E-state index in [4.69, 9.17) is 4.74 Å². The molecule has 0 aromatic carbocycles. The molecule has 3 nitrogen and oxygen atoms in total. The number of unbranched alkanes of at least 4 members (excludes halogenated alkanes) is 2. The zero-order chi connectivity index (χ0) is 7.23. The summed E-state index contributed by atoms with van der Waals surface area (Å²) in [5, 5.41) is 3.70. The van der Waals surface area contributed by atoms with Gasteiger partial charge in [0.25, 0.3) is 6.79 Å². The third-order valence-corrected chi connectivity index (χ3v) is 1.44. The van der Waals surface area contributed by atoms with Crippen molar-refractivity contribution in [3.8, 4) is 0 Å². The van der Waals surface area contributed by atoms with Gasteiger partial charge < -0.3 is 9.57 Å². The summed E-state index contributed by atoms with van der Waals surface area (Å²) in [6.45, 7) is 2.48. The van der Waals surface area contributed by atoms with Crippen LogP contribution in [0.4, 0.5) is 0 Å². The molecule has 0 atom stereocenters. The Morgan fingerprint density at radius 2 is 2.40 bits per heavy atom. The van der Waals surface area contributed by atoms with Crippen LogP contribution in [0.5, 0.6) is 0 Å². The Hall–Kier alpha value is -0.730. The monoisotopic (exact) mass is 143 g/mol. The van der Waals surface area contributed by atoms with E-state index in [0.29, 0.717) is 6.79 Å². The van der Waals surface area contributed by atoms with Crippen molar-refractivity contribution in [1.82, 2.24) is 0 Å². The molecule has 0 spiro atoms. The summed E-state index contributed by atoms with van der Waals surface area (Å²) in [6, 6.07) is 0. The van der Waals surface area contributed by atoms with Crippen LogP contribution in [0.3, 0.4) is 0 Å². The van der Waals surface area contributed by atoms with Gasteiger partial charge in [0.1, 0.15) is 0 Å². The van der Waals surface area contributed by atoms with Gasteiger partial charge in [-0.3, -0.25) is 0 Å². The molecule has 0 saturated heterocycles. The van der Waals surface area contributed by atoms with Crippen molar-refractivity contribution in [3.05, 3.63) is 0 Å². The number of hydrogen-bond donors (Lipinski definition) is 0.